The molecule has 0 aromatic carbocycles. The van der Waals surface area contributed by atoms with Crippen molar-refractivity contribution in [2.45, 2.75) is 88.3 Å². The first-order valence-electron chi connectivity index (χ1n) is 8.89. The van der Waals surface area contributed by atoms with Crippen LogP contribution in [0.25, 0.3) is 0 Å². The Kier molecular flexibility index (Phi) is 3.29. The summed E-state index contributed by atoms with van der Waals surface area (Å²) in [6.45, 7) is 2.21. The third-order valence-corrected chi connectivity index (χ3v) is 6.50. The van der Waals surface area contributed by atoms with Gasteiger partial charge in [-0.2, -0.15) is 0 Å². The van der Waals surface area contributed by atoms with E-state index in [0.29, 0.717) is 11.9 Å². The third-order valence-electron chi connectivity index (χ3n) is 6.50. The highest BCUT2D eigenvalue weighted by Gasteiger charge is 2.56. The molecule has 0 N–H and O–H groups in total. The molecular weight excluding hydrogens is 248 g/mol. The summed E-state index contributed by atoms with van der Waals surface area (Å²) >= 11 is 0. The number of rotatable bonds is 2. The van der Waals surface area contributed by atoms with Crippen LogP contribution in [0.3, 0.4) is 0 Å². The van der Waals surface area contributed by atoms with E-state index in [1.807, 2.05) is 0 Å². The van der Waals surface area contributed by atoms with Crippen molar-refractivity contribution in [3.8, 4) is 0 Å². The molecule has 2 saturated heterocycles. The fourth-order valence-corrected chi connectivity index (χ4v) is 5.15. The van der Waals surface area contributed by atoms with Crippen molar-refractivity contribution in [2.75, 3.05) is 13.1 Å². The maximum absolute atomic E-state index is 13.2. The van der Waals surface area contributed by atoms with Gasteiger partial charge in [0, 0.05) is 18.6 Å². The number of carbonyl (C=O) groups excluding carboxylic acids is 1. The molecule has 1 atom stereocenters. The van der Waals surface area contributed by atoms with Gasteiger partial charge in [-0.1, -0.05) is 25.7 Å². The van der Waals surface area contributed by atoms with Gasteiger partial charge in [-0.25, -0.2) is 0 Å². The summed E-state index contributed by atoms with van der Waals surface area (Å²) in [5.41, 5.74) is -0.0669. The third kappa shape index (κ3) is 1.85. The first-order chi connectivity index (χ1) is 9.81. The van der Waals surface area contributed by atoms with E-state index in [1.54, 1.807) is 0 Å². The van der Waals surface area contributed by atoms with Crippen LogP contribution in [-0.4, -0.2) is 46.4 Å². The van der Waals surface area contributed by atoms with Gasteiger partial charge in [-0.05, 0) is 51.5 Å². The second-order valence-electron chi connectivity index (χ2n) is 7.45. The molecule has 3 heteroatoms. The van der Waals surface area contributed by atoms with Crippen LogP contribution in [0.2, 0.25) is 0 Å². The molecule has 0 aromatic rings. The van der Waals surface area contributed by atoms with E-state index >= 15 is 0 Å². The van der Waals surface area contributed by atoms with Crippen LogP contribution < -0.4 is 0 Å². The molecule has 1 amide bonds. The number of hydrogen-bond acceptors (Lipinski definition) is 2. The first-order valence-corrected chi connectivity index (χ1v) is 8.89. The van der Waals surface area contributed by atoms with Gasteiger partial charge in [-0.3, -0.25) is 9.69 Å². The molecule has 0 radical (unpaired) electrons. The zero-order chi connectivity index (χ0) is 13.6. The molecular formula is C17H28N2O. The standard InChI is InChI=1S/C17H28N2O/c20-16-17(10-5-12-19(17)15-8-4-9-15)11-13-18(16)14-6-2-1-3-7-14/h14-15H,1-13H2. The summed E-state index contributed by atoms with van der Waals surface area (Å²) in [6, 6.07) is 1.30. The van der Waals surface area contributed by atoms with E-state index in [1.165, 1.54) is 64.3 Å². The van der Waals surface area contributed by atoms with Crippen LogP contribution >= 0.6 is 0 Å². The van der Waals surface area contributed by atoms with Crippen molar-refractivity contribution in [1.82, 2.24) is 9.80 Å². The summed E-state index contributed by atoms with van der Waals surface area (Å²) in [4.78, 5) is 18.1. The van der Waals surface area contributed by atoms with Crippen LogP contribution in [0.15, 0.2) is 0 Å². The Balaban J connectivity index is 1.52. The largest absolute Gasteiger partial charge is 0.338 e. The summed E-state index contributed by atoms with van der Waals surface area (Å²) in [7, 11) is 0. The lowest BCUT2D eigenvalue weighted by molar-refractivity contribution is -0.141. The van der Waals surface area contributed by atoms with Gasteiger partial charge < -0.3 is 4.90 Å². The highest BCUT2D eigenvalue weighted by molar-refractivity contribution is 5.89. The number of likely N-dealkylation sites (tertiary alicyclic amines) is 2. The maximum atomic E-state index is 13.2. The van der Waals surface area contributed by atoms with Crippen molar-refractivity contribution in [3.05, 3.63) is 0 Å². The molecule has 2 aliphatic heterocycles. The summed E-state index contributed by atoms with van der Waals surface area (Å²) < 4.78 is 0. The molecule has 4 aliphatic rings. The Bertz CT molecular complexity index is 386. The molecule has 3 nitrogen and oxygen atoms in total. The summed E-state index contributed by atoms with van der Waals surface area (Å²) in [5, 5.41) is 0. The molecule has 2 saturated carbocycles. The van der Waals surface area contributed by atoms with E-state index in [4.69, 9.17) is 0 Å². The fourth-order valence-electron chi connectivity index (χ4n) is 5.15. The highest BCUT2D eigenvalue weighted by Crippen LogP contribution is 2.45. The number of carbonyl (C=O) groups is 1. The molecule has 4 rings (SSSR count). The van der Waals surface area contributed by atoms with Gasteiger partial charge >= 0.3 is 0 Å². The van der Waals surface area contributed by atoms with E-state index in [-0.39, 0.29) is 5.54 Å². The molecule has 112 valence electrons. The van der Waals surface area contributed by atoms with Gasteiger partial charge in [0.05, 0.1) is 0 Å². The minimum Gasteiger partial charge on any atom is -0.338 e. The lowest BCUT2D eigenvalue weighted by Gasteiger charge is -2.44. The zero-order valence-corrected chi connectivity index (χ0v) is 12.6. The van der Waals surface area contributed by atoms with Crippen LogP contribution in [0.5, 0.6) is 0 Å². The van der Waals surface area contributed by atoms with Crippen molar-refractivity contribution < 1.29 is 4.79 Å². The quantitative estimate of drug-likeness (QED) is 0.774. The highest BCUT2D eigenvalue weighted by atomic mass is 16.2. The van der Waals surface area contributed by atoms with Crippen molar-refractivity contribution in [2.24, 2.45) is 0 Å². The van der Waals surface area contributed by atoms with E-state index < -0.39 is 0 Å². The van der Waals surface area contributed by atoms with Gasteiger partial charge in [0.15, 0.2) is 0 Å². The second-order valence-corrected chi connectivity index (χ2v) is 7.45. The van der Waals surface area contributed by atoms with Crippen molar-refractivity contribution in [1.29, 1.82) is 0 Å². The smallest absolute Gasteiger partial charge is 0.243 e. The topological polar surface area (TPSA) is 23.6 Å². The van der Waals surface area contributed by atoms with Crippen molar-refractivity contribution >= 4 is 5.91 Å². The Morgan fingerprint density at radius 3 is 2.25 bits per heavy atom. The van der Waals surface area contributed by atoms with Crippen LogP contribution in [0.4, 0.5) is 0 Å². The van der Waals surface area contributed by atoms with Crippen LogP contribution in [0, 0.1) is 0 Å². The molecule has 2 aliphatic carbocycles. The van der Waals surface area contributed by atoms with E-state index in [9.17, 15) is 4.79 Å². The van der Waals surface area contributed by atoms with Gasteiger partial charge in [-0.15, -0.1) is 0 Å². The van der Waals surface area contributed by atoms with Crippen molar-refractivity contribution in [3.63, 3.8) is 0 Å². The molecule has 20 heavy (non-hydrogen) atoms. The SMILES string of the molecule is O=C1N(C2CCCCC2)CCC12CCCN2C1CCC1. The van der Waals surface area contributed by atoms with Gasteiger partial charge in [0.1, 0.15) is 5.54 Å². The van der Waals surface area contributed by atoms with Gasteiger partial charge in [0.2, 0.25) is 5.91 Å². The zero-order valence-electron chi connectivity index (χ0n) is 12.6. The minimum absolute atomic E-state index is 0.0669. The Morgan fingerprint density at radius 2 is 1.55 bits per heavy atom. The second kappa shape index (κ2) is 5.01. The molecule has 1 unspecified atom stereocenters. The van der Waals surface area contributed by atoms with Gasteiger partial charge in [0.25, 0.3) is 0 Å². The average molecular weight is 276 g/mol. The maximum Gasteiger partial charge on any atom is 0.243 e. The average Bonchev–Trinajstić information content (AvgIpc) is 2.97. The number of hydrogen-bond donors (Lipinski definition) is 0. The predicted molar refractivity (Wildman–Crippen MR) is 79.5 cm³/mol. The van der Waals surface area contributed by atoms with Crippen LogP contribution in [0.1, 0.15) is 70.6 Å². The lowest BCUT2D eigenvalue weighted by atomic mass is 9.86. The Labute approximate surface area is 122 Å². The monoisotopic (exact) mass is 276 g/mol. The molecule has 0 aromatic heterocycles. The summed E-state index contributed by atoms with van der Waals surface area (Å²) in [6.07, 6.45) is 14.1. The predicted octanol–water partition coefficient (Wildman–Crippen LogP) is 2.94. The van der Waals surface area contributed by atoms with E-state index in [0.717, 1.165) is 25.4 Å². The molecule has 2 heterocycles. The fraction of sp³-hybridized carbons (Fsp3) is 0.941. The van der Waals surface area contributed by atoms with Crippen LogP contribution in [-0.2, 0) is 4.79 Å². The minimum atomic E-state index is -0.0669. The first kappa shape index (κ1) is 13.1. The number of amides is 1. The Morgan fingerprint density at radius 1 is 0.800 bits per heavy atom. The number of nitrogens with zero attached hydrogens (tertiary/aromatic N) is 2. The molecule has 4 fully saturated rings. The normalized spacial score (nSPS) is 37.0. The van der Waals surface area contributed by atoms with E-state index in [2.05, 4.69) is 9.80 Å². The lowest BCUT2D eigenvalue weighted by Crippen LogP contribution is -2.57. The summed E-state index contributed by atoms with van der Waals surface area (Å²) in [5.74, 6) is 0.508. The molecule has 1 spiro atoms. The molecule has 0 bridgehead atoms. The Hall–Kier alpha value is -0.570.